The molecule has 1 aliphatic carbocycles. The number of ether oxygens (including phenoxy) is 1. The number of aromatic nitrogens is 1. The molecule has 2 aromatic rings. The van der Waals surface area contributed by atoms with Gasteiger partial charge in [0.05, 0.1) is 12.9 Å². The van der Waals surface area contributed by atoms with Crippen molar-refractivity contribution in [3.8, 4) is 0 Å². The molecule has 0 atom stereocenters. The lowest BCUT2D eigenvalue weighted by Crippen LogP contribution is -2.06. The zero-order valence-corrected chi connectivity index (χ0v) is 9.66. The molecule has 2 nitrogen and oxygen atoms in total. The van der Waals surface area contributed by atoms with Crippen LogP contribution in [0, 0.1) is 0 Å². The molecule has 0 unspecified atom stereocenters. The van der Waals surface area contributed by atoms with Crippen molar-refractivity contribution in [2.24, 2.45) is 7.05 Å². The second-order valence-corrected chi connectivity index (χ2v) is 4.26. The third-order valence-electron chi connectivity index (χ3n) is 3.48. The summed E-state index contributed by atoms with van der Waals surface area (Å²) in [7, 11) is 3.90. The molecular formula is C14H15NO. The van der Waals surface area contributed by atoms with Crippen LogP contribution in [0.4, 0.5) is 0 Å². The molecule has 1 heterocycles. The number of allylic oxidation sites excluding steroid dienone is 2. The third kappa shape index (κ3) is 1.19. The van der Waals surface area contributed by atoms with Crippen LogP contribution >= 0.6 is 0 Å². The molecule has 3 rings (SSSR count). The Morgan fingerprint density at radius 1 is 1.25 bits per heavy atom. The predicted octanol–water partition coefficient (Wildman–Crippen LogP) is 2.81. The van der Waals surface area contributed by atoms with E-state index in [4.69, 9.17) is 4.74 Å². The van der Waals surface area contributed by atoms with Gasteiger partial charge in [-0.25, -0.2) is 0 Å². The standard InChI is InChI=1S/C14H15NO/c1-15-13-6-4-3-5-11(13)12-9-10(16-2)7-8-14(12)15/h3-7H,8-9H2,1-2H3. The van der Waals surface area contributed by atoms with Gasteiger partial charge in [0, 0.05) is 36.5 Å². The van der Waals surface area contributed by atoms with E-state index in [0.717, 1.165) is 18.6 Å². The van der Waals surface area contributed by atoms with Crippen LogP contribution in [0.1, 0.15) is 11.3 Å². The zero-order chi connectivity index (χ0) is 11.1. The molecule has 0 radical (unpaired) electrons. The van der Waals surface area contributed by atoms with Gasteiger partial charge in [0.2, 0.25) is 0 Å². The lowest BCUT2D eigenvalue weighted by molar-refractivity contribution is 0.280. The van der Waals surface area contributed by atoms with E-state index in [1.54, 1.807) is 7.11 Å². The Balaban J connectivity index is 2.25. The summed E-state index contributed by atoms with van der Waals surface area (Å²) in [5.41, 5.74) is 4.16. The van der Waals surface area contributed by atoms with E-state index < -0.39 is 0 Å². The van der Waals surface area contributed by atoms with Crippen molar-refractivity contribution in [1.82, 2.24) is 4.57 Å². The minimum absolute atomic E-state index is 0.924. The van der Waals surface area contributed by atoms with E-state index in [0.29, 0.717) is 0 Å². The van der Waals surface area contributed by atoms with E-state index in [9.17, 15) is 0 Å². The normalized spacial score (nSPS) is 14.8. The van der Waals surface area contributed by atoms with Crippen molar-refractivity contribution in [2.45, 2.75) is 12.8 Å². The average Bonchev–Trinajstić information content (AvgIpc) is 2.64. The van der Waals surface area contributed by atoms with Gasteiger partial charge < -0.3 is 9.30 Å². The van der Waals surface area contributed by atoms with Crippen LogP contribution in [0.5, 0.6) is 0 Å². The van der Waals surface area contributed by atoms with Gasteiger partial charge in [-0.15, -0.1) is 0 Å². The van der Waals surface area contributed by atoms with Crippen LogP contribution in [-0.4, -0.2) is 11.7 Å². The van der Waals surface area contributed by atoms with Gasteiger partial charge in [0.15, 0.2) is 0 Å². The first-order valence-electron chi connectivity index (χ1n) is 5.59. The van der Waals surface area contributed by atoms with Crippen LogP contribution < -0.4 is 0 Å². The van der Waals surface area contributed by atoms with E-state index in [1.165, 1.54) is 22.2 Å². The number of nitrogens with zero attached hydrogens (tertiary/aromatic N) is 1. The molecule has 1 aromatic carbocycles. The van der Waals surface area contributed by atoms with Crippen molar-refractivity contribution in [2.75, 3.05) is 7.11 Å². The van der Waals surface area contributed by atoms with E-state index in [2.05, 4.69) is 42.0 Å². The molecule has 2 heteroatoms. The highest BCUT2D eigenvalue weighted by molar-refractivity contribution is 5.86. The highest BCUT2D eigenvalue weighted by atomic mass is 16.5. The summed E-state index contributed by atoms with van der Waals surface area (Å²) in [6, 6.07) is 8.58. The quantitative estimate of drug-likeness (QED) is 0.710. The van der Waals surface area contributed by atoms with Gasteiger partial charge in [-0.2, -0.15) is 0 Å². The number of aryl methyl sites for hydroxylation is 1. The summed E-state index contributed by atoms with van der Waals surface area (Å²) in [6.45, 7) is 0. The van der Waals surface area contributed by atoms with Crippen molar-refractivity contribution < 1.29 is 4.74 Å². The first kappa shape index (κ1) is 9.52. The summed E-state index contributed by atoms with van der Waals surface area (Å²) in [5.74, 6) is 1.09. The molecule has 16 heavy (non-hydrogen) atoms. The minimum Gasteiger partial charge on any atom is -0.501 e. The van der Waals surface area contributed by atoms with E-state index >= 15 is 0 Å². The minimum atomic E-state index is 0.924. The van der Waals surface area contributed by atoms with Gasteiger partial charge in [0.25, 0.3) is 0 Å². The monoisotopic (exact) mass is 213 g/mol. The van der Waals surface area contributed by atoms with Crippen LogP contribution in [0.2, 0.25) is 0 Å². The number of para-hydroxylation sites is 1. The first-order chi connectivity index (χ1) is 7.81. The fourth-order valence-electron chi connectivity index (χ4n) is 2.59. The van der Waals surface area contributed by atoms with Gasteiger partial charge >= 0.3 is 0 Å². The molecule has 0 aliphatic heterocycles. The molecule has 0 fully saturated rings. The molecule has 0 saturated heterocycles. The molecule has 0 bridgehead atoms. The second kappa shape index (κ2) is 3.41. The van der Waals surface area contributed by atoms with Gasteiger partial charge in [0.1, 0.15) is 0 Å². The van der Waals surface area contributed by atoms with Crippen LogP contribution in [0.3, 0.4) is 0 Å². The molecule has 1 aliphatic rings. The molecular weight excluding hydrogens is 198 g/mol. The van der Waals surface area contributed by atoms with Gasteiger partial charge in [-0.1, -0.05) is 18.2 Å². The Morgan fingerprint density at radius 2 is 2.06 bits per heavy atom. The Kier molecular flexibility index (Phi) is 2.03. The molecule has 0 spiro atoms. The molecule has 1 aromatic heterocycles. The van der Waals surface area contributed by atoms with Crippen molar-refractivity contribution >= 4 is 10.9 Å². The maximum absolute atomic E-state index is 5.36. The van der Waals surface area contributed by atoms with Crippen LogP contribution in [0.15, 0.2) is 36.1 Å². The molecule has 0 saturated carbocycles. The highest BCUT2D eigenvalue weighted by Crippen LogP contribution is 2.31. The second-order valence-electron chi connectivity index (χ2n) is 4.26. The molecule has 82 valence electrons. The summed E-state index contributed by atoms with van der Waals surface area (Å²) in [5, 5.41) is 1.36. The largest absolute Gasteiger partial charge is 0.501 e. The third-order valence-corrected chi connectivity index (χ3v) is 3.48. The maximum Gasteiger partial charge on any atom is 0.0964 e. The summed E-state index contributed by atoms with van der Waals surface area (Å²) < 4.78 is 7.66. The number of methoxy groups -OCH3 is 1. The fourth-order valence-corrected chi connectivity index (χ4v) is 2.59. The van der Waals surface area contributed by atoms with Crippen LogP contribution in [-0.2, 0) is 24.6 Å². The van der Waals surface area contributed by atoms with Gasteiger partial charge in [-0.3, -0.25) is 0 Å². The van der Waals surface area contributed by atoms with Gasteiger partial charge in [-0.05, 0) is 17.7 Å². The number of hydrogen-bond acceptors (Lipinski definition) is 1. The molecule has 0 N–H and O–H groups in total. The van der Waals surface area contributed by atoms with E-state index in [1.807, 2.05) is 0 Å². The molecule has 0 amide bonds. The van der Waals surface area contributed by atoms with Crippen molar-refractivity contribution in [1.29, 1.82) is 0 Å². The number of hydrogen-bond donors (Lipinski definition) is 0. The average molecular weight is 213 g/mol. The van der Waals surface area contributed by atoms with Crippen molar-refractivity contribution in [3.05, 3.63) is 47.4 Å². The Hall–Kier alpha value is -1.70. The number of benzene rings is 1. The van der Waals surface area contributed by atoms with Crippen molar-refractivity contribution in [3.63, 3.8) is 0 Å². The Bertz CT molecular complexity index is 578. The summed E-state index contributed by atoms with van der Waals surface area (Å²) in [6.07, 6.45) is 4.08. The predicted molar refractivity (Wildman–Crippen MR) is 65.4 cm³/mol. The first-order valence-corrected chi connectivity index (χ1v) is 5.59. The fraction of sp³-hybridized carbons (Fsp3) is 0.286. The van der Waals surface area contributed by atoms with Crippen LogP contribution in [0.25, 0.3) is 10.9 Å². The number of rotatable bonds is 1. The summed E-state index contributed by atoms with van der Waals surface area (Å²) in [4.78, 5) is 0. The lowest BCUT2D eigenvalue weighted by Gasteiger charge is -2.14. The van der Waals surface area contributed by atoms with E-state index in [-0.39, 0.29) is 0 Å². The Labute approximate surface area is 95.1 Å². The number of fused-ring (bicyclic) bond motifs is 3. The highest BCUT2D eigenvalue weighted by Gasteiger charge is 2.18. The zero-order valence-electron chi connectivity index (χ0n) is 9.66. The maximum atomic E-state index is 5.36. The Morgan fingerprint density at radius 3 is 2.88 bits per heavy atom. The lowest BCUT2D eigenvalue weighted by atomic mass is 10.00. The summed E-state index contributed by atoms with van der Waals surface area (Å²) >= 11 is 0. The smallest absolute Gasteiger partial charge is 0.0964 e. The SMILES string of the molecule is COC1=CCc2c(c3ccccc3n2C)C1. The topological polar surface area (TPSA) is 14.2 Å².